The summed E-state index contributed by atoms with van der Waals surface area (Å²) in [5, 5.41) is 6.00. The molecule has 48 heavy (non-hydrogen) atoms. The molecule has 0 saturated carbocycles. The first-order valence-electron chi connectivity index (χ1n) is 16.6. The molecular weight excluding hydrogens is 581 g/mol. The number of fused-ring (bicyclic) bond motifs is 4. The summed E-state index contributed by atoms with van der Waals surface area (Å²) in [6.07, 6.45) is 4.70. The Morgan fingerprint density at radius 3 is 1.31 bits per heavy atom. The lowest BCUT2D eigenvalue weighted by Gasteiger charge is -2.22. The zero-order valence-electron chi connectivity index (χ0n) is 26.8. The van der Waals surface area contributed by atoms with Crippen LogP contribution in [0.15, 0.2) is 176 Å². The highest BCUT2D eigenvalue weighted by atomic mass is 14.9. The van der Waals surface area contributed by atoms with E-state index < -0.39 is 0 Å². The van der Waals surface area contributed by atoms with Gasteiger partial charge >= 0.3 is 0 Å². The van der Waals surface area contributed by atoms with E-state index in [2.05, 4.69) is 186 Å². The summed E-state index contributed by atoms with van der Waals surface area (Å²) in [5.41, 5.74) is 16.2. The molecule has 1 N–H and O–H groups in total. The van der Waals surface area contributed by atoms with E-state index in [4.69, 9.17) is 0 Å². The highest BCUT2D eigenvalue weighted by Gasteiger charge is 2.28. The minimum Gasteiger partial charge on any atom is -0.323 e. The SMILES string of the molecule is CNC1c2ccccc2-c2cc(-n3cc4c(-c5ccccc5)c(-c5ccccc5)c(-c5ccccc5)c(-c5ccccc5)c4c3)ccc21. The van der Waals surface area contributed by atoms with Crippen LogP contribution >= 0.6 is 0 Å². The molecule has 0 bridgehead atoms. The van der Waals surface area contributed by atoms with Crippen LogP contribution in [0, 0.1) is 0 Å². The van der Waals surface area contributed by atoms with Crippen LogP contribution < -0.4 is 5.32 Å². The van der Waals surface area contributed by atoms with E-state index in [1.54, 1.807) is 0 Å². The molecule has 2 nitrogen and oxygen atoms in total. The third-order valence-corrected chi connectivity index (χ3v) is 9.86. The largest absolute Gasteiger partial charge is 0.323 e. The Bertz CT molecular complexity index is 2290. The minimum absolute atomic E-state index is 0.199. The van der Waals surface area contributed by atoms with Crippen LogP contribution in [0.5, 0.6) is 0 Å². The number of nitrogens with zero attached hydrogens (tertiary/aromatic N) is 1. The zero-order valence-corrected chi connectivity index (χ0v) is 26.8. The first-order chi connectivity index (χ1) is 23.8. The van der Waals surface area contributed by atoms with Gasteiger partial charge < -0.3 is 9.88 Å². The first-order valence-corrected chi connectivity index (χ1v) is 16.6. The Morgan fingerprint density at radius 2 is 0.833 bits per heavy atom. The quantitative estimate of drug-likeness (QED) is 0.197. The smallest absolute Gasteiger partial charge is 0.0586 e. The third-order valence-electron chi connectivity index (χ3n) is 9.86. The second kappa shape index (κ2) is 11.7. The molecule has 0 radical (unpaired) electrons. The van der Waals surface area contributed by atoms with Gasteiger partial charge in [0.2, 0.25) is 0 Å². The summed E-state index contributed by atoms with van der Waals surface area (Å²) in [5.74, 6) is 0. The monoisotopic (exact) mass is 614 g/mol. The number of benzene rings is 7. The molecule has 1 aliphatic carbocycles. The molecule has 228 valence electrons. The Balaban J connectivity index is 1.41. The van der Waals surface area contributed by atoms with Crippen molar-refractivity contribution in [2.45, 2.75) is 6.04 Å². The zero-order chi connectivity index (χ0) is 32.0. The predicted octanol–water partition coefficient (Wildman–Crippen LogP) is 11.6. The normalized spacial score (nSPS) is 13.4. The predicted molar refractivity (Wildman–Crippen MR) is 201 cm³/mol. The van der Waals surface area contributed by atoms with E-state index in [-0.39, 0.29) is 6.04 Å². The molecular formula is C46H34N2. The molecule has 1 aliphatic rings. The Labute approximate surface area is 281 Å². The fraction of sp³-hybridized carbons (Fsp3) is 0.0435. The van der Waals surface area contributed by atoms with Crippen LogP contribution in [0.1, 0.15) is 17.2 Å². The molecule has 1 aromatic heterocycles. The summed E-state index contributed by atoms with van der Waals surface area (Å²) in [7, 11) is 2.05. The average Bonchev–Trinajstić information content (AvgIpc) is 3.74. The summed E-state index contributed by atoms with van der Waals surface area (Å²) in [4.78, 5) is 0. The van der Waals surface area contributed by atoms with Gasteiger partial charge in [-0.15, -0.1) is 0 Å². The Hall–Kier alpha value is -5.96. The van der Waals surface area contributed by atoms with Crippen molar-refractivity contribution in [3.63, 3.8) is 0 Å². The van der Waals surface area contributed by atoms with Crippen LogP contribution in [0.4, 0.5) is 0 Å². The number of hydrogen-bond donors (Lipinski definition) is 1. The van der Waals surface area contributed by atoms with Gasteiger partial charge in [0.15, 0.2) is 0 Å². The van der Waals surface area contributed by atoms with Gasteiger partial charge in [0.1, 0.15) is 0 Å². The highest BCUT2D eigenvalue weighted by molar-refractivity contribution is 6.18. The molecule has 0 aliphatic heterocycles. The average molecular weight is 615 g/mol. The van der Waals surface area contributed by atoms with E-state index in [9.17, 15) is 0 Å². The maximum Gasteiger partial charge on any atom is 0.0586 e. The van der Waals surface area contributed by atoms with E-state index >= 15 is 0 Å². The van der Waals surface area contributed by atoms with E-state index in [1.165, 1.54) is 77.5 Å². The van der Waals surface area contributed by atoms with Crippen LogP contribution in [0.2, 0.25) is 0 Å². The van der Waals surface area contributed by atoms with Crippen molar-refractivity contribution in [2.24, 2.45) is 0 Å². The molecule has 0 fully saturated rings. The van der Waals surface area contributed by atoms with Gasteiger partial charge in [-0.1, -0.05) is 152 Å². The maximum absolute atomic E-state index is 3.55. The molecule has 1 unspecified atom stereocenters. The maximum atomic E-state index is 3.55. The summed E-state index contributed by atoms with van der Waals surface area (Å²) in [6, 6.07) is 59.5. The molecule has 7 aromatic carbocycles. The summed E-state index contributed by atoms with van der Waals surface area (Å²) < 4.78 is 2.34. The first kappa shape index (κ1) is 28.3. The lowest BCUT2D eigenvalue weighted by Crippen LogP contribution is -2.14. The Kier molecular flexibility index (Phi) is 6.88. The van der Waals surface area contributed by atoms with Crippen molar-refractivity contribution in [3.8, 4) is 61.3 Å². The van der Waals surface area contributed by atoms with E-state index in [0.717, 1.165) is 5.69 Å². The molecule has 2 heteroatoms. The molecule has 9 rings (SSSR count). The fourth-order valence-electron chi connectivity index (χ4n) is 7.78. The van der Waals surface area contributed by atoms with Gasteiger partial charge in [0, 0.05) is 28.9 Å². The molecule has 8 aromatic rings. The van der Waals surface area contributed by atoms with Crippen molar-refractivity contribution in [2.75, 3.05) is 7.05 Å². The summed E-state index contributed by atoms with van der Waals surface area (Å²) in [6.45, 7) is 0. The van der Waals surface area contributed by atoms with Gasteiger partial charge in [-0.25, -0.2) is 0 Å². The molecule has 0 amide bonds. The van der Waals surface area contributed by atoms with Crippen molar-refractivity contribution in [3.05, 3.63) is 187 Å². The van der Waals surface area contributed by atoms with Crippen molar-refractivity contribution in [1.82, 2.24) is 9.88 Å². The van der Waals surface area contributed by atoms with Crippen LogP contribution in [0.25, 0.3) is 72.1 Å². The van der Waals surface area contributed by atoms with Gasteiger partial charge in [0.25, 0.3) is 0 Å². The minimum atomic E-state index is 0.199. The molecule has 1 atom stereocenters. The van der Waals surface area contributed by atoms with Gasteiger partial charge in [0.05, 0.1) is 6.04 Å². The number of hydrogen-bond acceptors (Lipinski definition) is 1. The highest BCUT2D eigenvalue weighted by Crippen LogP contribution is 2.51. The molecule has 0 saturated heterocycles. The standard InChI is InChI=1S/C46H34N2/c1-47-46-37-25-15-14-24-36(37)39-28-35(26-27-38(39)46)48-29-40-41(30-48)43(32-18-8-3-9-19-32)45(34-22-12-5-13-23-34)44(33-20-10-4-11-21-33)42(40)31-16-6-2-7-17-31/h2-30,46-47H,1H3. The Morgan fingerprint density at radius 1 is 0.417 bits per heavy atom. The van der Waals surface area contributed by atoms with E-state index in [0.29, 0.717) is 0 Å². The van der Waals surface area contributed by atoms with Gasteiger partial charge in [-0.3, -0.25) is 0 Å². The number of rotatable bonds is 6. The van der Waals surface area contributed by atoms with Crippen LogP contribution in [0.3, 0.4) is 0 Å². The van der Waals surface area contributed by atoms with Crippen LogP contribution in [-0.2, 0) is 0 Å². The summed E-state index contributed by atoms with van der Waals surface area (Å²) >= 11 is 0. The van der Waals surface area contributed by atoms with Crippen molar-refractivity contribution >= 4 is 10.8 Å². The van der Waals surface area contributed by atoms with Gasteiger partial charge in [-0.2, -0.15) is 0 Å². The van der Waals surface area contributed by atoms with Gasteiger partial charge in [-0.05, 0) is 85.9 Å². The second-order valence-corrected chi connectivity index (χ2v) is 12.5. The van der Waals surface area contributed by atoms with Crippen molar-refractivity contribution < 1.29 is 0 Å². The van der Waals surface area contributed by atoms with E-state index in [1.807, 2.05) is 7.05 Å². The third kappa shape index (κ3) is 4.53. The molecule has 1 heterocycles. The number of nitrogens with one attached hydrogen (secondary N) is 1. The number of aromatic nitrogens is 1. The topological polar surface area (TPSA) is 17.0 Å². The van der Waals surface area contributed by atoms with Crippen molar-refractivity contribution in [1.29, 1.82) is 0 Å². The lowest BCUT2D eigenvalue weighted by molar-refractivity contribution is 0.707. The molecule has 0 spiro atoms. The van der Waals surface area contributed by atoms with Crippen LogP contribution in [-0.4, -0.2) is 11.6 Å². The lowest BCUT2D eigenvalue weighted by atomic mass is 9.80. The fourth-order valence-corrected chi connectivity index (χ4v) is 7.78. The second-order valence-electron chi connectivity index (χ2n) is 12.5.